The molecule has 6 rings (SSSR count). The third-order valence-corrected chi connectivity index (χ3v) is 12.5. The minimum absolute atomic E-state index is 0.357. The molecule has 11 atom stereocenters. The molecule has 0 spiro atoms. The molecule has 0 bridgehead atoms. The second kappa shape index (κ2) is 9.07. The SMILES string of the molecule is C[C@H]1CCC2[C@@H](C)C3C(CC4C5CC=C6C[C@@H](OCCCN=[N+]=[N-])CC[C@]6(C)C5CC[C@@]43C)N2C1. The van der Waals surface area contributed by atoms with E-state index in [1.165, 1.54) is 57.9 Å². The fraction of sp³-hybridized carbons (Fsp3) is 0.933. The first-order valence-corrected chi connectivity index (χ1v) is 14.9. The molecule has 6 unspecified atom stereocenters. The fourth-order valence-electron chi connectivity index (χ4n) is 10.9. The van der Waals surface area contributed by atoms with E-state index in [9.17, 15) is 0 Å². The number of allylic oxidation sites excluding steroid dienone is 1. The minimum Gasteiger partial charge on any atom is -0.378 e. The van der Waals surface area contributed by atoms with E-state index in [1.54, 1.807) is 5.57 Å². The van der Waals surface area contributed by atoms with E-state index in [1.807, 2.05) is 0 Å². The van der Waals surface area contributed by atoms with Gasteiger partial charge in [0.25, 0.3) is 0 Å². The maximum atomic E-state index is 8.47. The lowest BCUT2D eigenvalue weighted by atomic mass is 9.47. The first kappa shape index (κ1) is 24.3. The van der Waals surface area contributed by atoms with Crippen LogP contribution in [0.15, 0.2) is 16.8 Å². The highest BCUT2D eigenvalue weighted by Crippen LogP contribution is 2.69. The monoisotopic (exact) mass is 480 g/mol. The van der Waals surface area contributed by atoms with Crippen molar-refractivity contribution < 1.29 is 4.74 Å². The topological polar surface area (TPSA) is 61.2 Å². The molecule has 4 aliphatic carbocycles. The van der Waals surface area contributed by atoms with Gasteiger partial charge in [-0.15, -0.1) is 0 Å². The predicted octanol–water partition coefficient (Wildman–Crippen LogP) is 7.38. The standard InChI is InChI=1S/C30H48N4O/c1-19-6-9-26-20(2)28-27(34(26)18-19)17-25-23-8-7-21-16-22(35-15-5-14-32-33-31)10-12-29(21,3)24(23)11-13-30(25,28)4/h7,19-20,22-28H,5-6,8-18H2,1-4H3/t19-,20+,22-,23?,24?,25?,26?,27?,28?,29-,30-/m0/s1. The van der Waals surface area contributed by atoms with Crippen molar-refractivity contribution in [2.75, 3.05) is 19.7 Å². The van der Waals surface area contributed by atoms with Crippen LogP contribution >= 0.6 is 0 Å². The van der Waals surface area contributed by atoms with Crippen molar-refractivity contribution in [3.63, 3.8) is 0 Å². The van der Waals surface area contributed by atoms with Crippen molar-refractivity contribution in [2.45, 2.75) is 110 Å². The van der Waals surface area contributed by atoms with Crippen LogP contribution in [0, 0.1) is 46.3 Å². The van der Waals surface area contributed by atoms with Gasteiger partial charge in [-0.1, -0.05) is 44.5 Å². The normalized spacial score (nSPS) is 50.7. The van der Waals surface area contributed by atoms with E-state index >= 15 is 0 Å². The quantitative estimate of drug-likeness (QED) is 0.135. The number of piperidine rings is 1. The van der Waals surface area contributed by atoms with Gasteiger partial charge in [0, 0.05) is 36.7 Å². The van der Waals surface area contributed by atoms with E-state index in [0.717, 1.165) is 67.0 Å². The molecule has 2 aliphatic heterocycles. The van der Waals surface area contributed by atoms with E-state index < -0.39 is 0 Å². The highest BCUT2D eigenvalue weighted by molar-refractivity contribution is 5.27. The zero-order chi connectivity index (χ0) is 24.4. The zero-order valence-electron chi connectivity index (χ0n) is 22.7. The van der Waals surface area contributed by atoms with Crippen LogP contribution in [-0.2, 0) is 4.74 Å². The summed E-state index contributed by atoms with van der Waals surface area (Å²) in [5.74, 6) is 5.38. The molecule has 6 aliphatic rings. The number of fused-ring (bicyclic) bond motifs is 9. The molecule has 0 N–H and O–H groups in total. The van der Waals surface area contributed by atoms with Crippen molar-refractivity contribution in [1.82, 2.24) is 4.90 Å². The van der Waals surface area contributed by atoms with Crippen LogP contribution in [0.25, 0.3) is 10.4 Å². The molecule has 0 aromatic heterocycles. The Bertz CT molecular complexity index is 897. The highest BCUT2D eigenvalue weighted by atomic mass is 16.5. The number of ether oxygens (including phenoxy) is 1. The largest absolute Gasteiger partial charge is 0.378 e. The first-order valence-electron chi connectivity index (χ1n) is 14.9. The molecule has 0 amide bonds. The summed E-state index contributed by atoms with van der Waals surface area (Å²) in [5.41, 5.74) is 11.1. The Morgan fingerprint density at radius 3 is 2.80 bits per heavy atom. The fourth-order valence-corrected chi connectivity index (χ4v) is 10.9. The Kier molecular flexibility index (Phi) is 6.30. The summed E-state index contributed by atoms with van der Waals surface area (Å²) >= 11 is 0. The van der Waals surface area contributed by atoms with E-state index in [2.05, 4.69) is 48.7 Å². The van der Waals surface area contributed by atoms with E-state index in [4.69, 9.17) is 10.3 Å². The predicted molar refractivity (Wildman–Crippen MR) is 141 cm³/mol. The second-order valence-corrected chi connectivity index (χ2v) is 14.0. The van der Waals surface area contributed by atoms with Crippen molar-refractivity contribution >= 4 is 0 Å². The summed E-state index contributed by atoms with van der Waals surface area (Å²) in [5, 5.41) is 3.65. The van der Waals surface area contributed by atoms with Gasteiger partial charge in [-0.25, -0.2) is 0 Å². The molecule has 5 nitrogen and oxygen atoms in total. The molecule has 5 heteroatoms. The van der Waals surface area contributed by atoms with Gasteiger partial charge >= 0.3 is 0 Å². The molecule has 2 heterocycles. The summed E-state index contributed by atoms with van der Waals surface area (Å²) in [6.45, 7) is 13.1. The van der Waals surface area contributed by atoms with Crippen LogP contribution in [0.2, 0.25) is 0 Å². The van der Waals surface area contributed by atoms with Gasteiger partial charge in [-0.2, -0.15) is 0 Å². The van der Waals surface area contributed by atoms with Crippen molar-refractivity contribution in [3.05, 3.63) is 22.1 Å². The molecule has 2 saturated heterocycles. The van der Waals surface area contributed by atoms with Gasteiger partial charge in [-0.3, -0.25) is 4.90 Å². The number of azide groups is 1. The van der Waals surface area contributed by atoms with Gasteiger partial charge in [0.05, 0.1) is 6.10 Å². The van der Waals surface area contributed by atoms with Crippen LogP contribution in [0.4, 0.5) is 0 Å². The molecule has 194 valence electrons. The van der Waals surface area contributed by atoms with Gasteiger partial charge in [-0.05, 0) is 116 Å². The maximum Gasteiger partial charge on any atom is 0.0612 e. The van der Waals surface area contributed by atoms with Crippen LogP contribution in [0.3, 0.4) is 0 Å². The number of hydrogen-bond acceptors (Lipinski definition) is 3. The van der Waals surface area contributed by atoms with Gasteiger partial charge in [0.15, 0.2) is 0 Å². The third kappa shape index (κ3) is 3.74. The van der Waals surface area contributed by atoms with Gasteiger partial charge in [0.1, 0.15) is 0 Å². The summed E-state index contributed by atoms with van der Waals surface area (Å²) in [4.78, 5) is 5.88. The second-order valence-electron chi connectivity index (χ2n) is 14.0. The summed E-state index contributed by atoms with van der Waals surface area (Å²) in [7, 11) is 0. The number of rotatable bonds is 5. The minimum atomic E-state index is 0.357. The average molecular weight is 481 g/mol. The van der Waals surface area contributed by atoms with Crippen LogP contribution < -0.4 is 0 Å². The molecule has 0 radical (unpaired) electrons. The van der Waals surface area contributed by atoms with Crippen molar-refractivity contribution in [3.8, 4) is 0 Å². The Hall–Kier alpha value is -1.03. The zero-order valence-corrected chi connectivity index (χ0v) is 22.7. The van der Waals surface area contributed by atoms with Gasteiger partial charge in [0.2, 0.25) is 0 Å². The molecule has 0 aromatic carbocycles. The first-order chi connectivity index (χ1) is 16.9. The van der Waals surface area contributed by atoms with Crippen LogP contribution in [-0.4, -0.2) is 42.8 Å². The smallest absolute Gasteiger partial charge is 0.0612 e. The summed E-state index contributed by atoms with van der Waals surface area (Å²) < 4.78 is 6.24. The van der Waals surface area contributed by atoms with Gasteiger partial charge < -0.3 is 4.74 Å². The third-order valence-electron chi connectivity index (χ3n) is 12.5. The lowest BCUT2D eigenvalue weighted by molar-refractivity contribution is -0.0640. The van der Waals surface area contributed by atoms with Crippen LogP contribution in [0.1, 0.15) is 91.9 Å². The lowest BCUT2D eigenvalue weighted by Crippen LogP contribution is -2.51. The number of hydrogen-bond donors (Lipinski definition) is 0. The average Bonchev–Trinajstić information content (AvgIpc) is 3.30. The van der Waals surface area contributed by atoms with Crippen LogP contribution in [0.5, 0.6) is 0 Å². The van der Waals surface area contributed by atoms with Crippen molar-refractivity contribution in [1.29, 1.82) is 0 Å². The summed E-state index contributed by atoms with van der Waals surface area (Å²) in [6, 6.07) is 1.73. The number of nitrogens with zero attached hydrogens (tertiary/aromatic N) is 4. The van der Waals surface area contributed by atoms with E-state index in [-0.39, 0.29) is 0 Å². The Labute approximate surface area is 213 Å². The molecule has 0 aromatic rings. The highest BCUT2D eigenvalue weighted by Gasteiger charge is 2.66. The lowest BCUT2D eigenvalue weighted by Gasteiger charge is -2.58. The maximum absolute atomic E-state index is 8.47. The summed E-state index contributed by atoms with van der Waals surface area (Å²) in [6.07, 6.45) is 16.1. The Morgan fingerprint density at radius 2 is 1.97 bits per heavy atom. The molecular weight excluding hydrogens is 432 g/mol. The molecule has 5 fully saturated rings. The Balaban J connectivity index is 1.18. The molecular formula is C30H48N4O. The Morgan fingerprint density at radius 1 is 1.11 bits per heavy atom. The van der Waals surface area contributed by atoms with Crippen molar-refractivity contribution in [2.24, 2.45) is 51.5 Å². The van der Waals surface area contributed by atoms with E-state index in [0.29, 0.717) is 23.5 Å². The molecule has 3 saturated carbocycles. The molecule has 35 heavy (non-hydrogen) atoms.